The Hall–Kier alpha value is -1.53. The molecule has 2 fully saturated rings. The maximum Gasteiger partial charge on any atom is 0.220 e. The second-order valence-corrected chi connectivity index (χ2v) is 19.4. The van der Waals surface area contributed by atoms with Crippen LogP contribution in [0.2, 0.25) is 0 Å². The highest BCUT2D eigenvalue weighted by molar-refractivity contribution is 5.76. The van der Waals surface area contributed by atoms with Gasteiger partial charge < -0.3 is 65.1 Å². The van der Waals surface area contributed by atoms with E-state index >= 15 is 0 Å². The molecule has 9 N–H and O–H groups in total. The van der Waals surface area contributed by atoms with Crippen LogP contribution in [-0.2, 0) is 23.7 Å². The van der Waals surface area contributed by atoms with E-state index in [9.17, 15) is 45.6 Å². The van der Waals surface area contributed by atoms with E-state index in [1.165, 1.54) is 148 Å². The fraction of sp³-hybridized carbons (Fsp3) is 0.906. The molecule has 2 aliphatic heterocycles. The first-order valence-electron chi connectivity index (χ1n) is 27.1. The summed E-state index contributed by atoms with van der Waals surface area (Å²) in [4.78, 5) is 13.2. The number of aliphatic hydroxyl groups is 8. The molecule has 0 aliphatic carbocycles. The summed E-state index contributed by atoms with van der Waals surface area (Å²) in [5, 5.41) is 86.7. The number of hydrogen-bond acceptors (Lipinski definition) is 13. The number of rotatable bonds is 42. The standard InChI is InChI=1S/C53H99NO13/c1-3-5-7-9-11-13-15-16-17-18-19-20-21-22-23-24-25-26-27-29-31-33-35-37-45(58)54-41(42(57)36-34-32-30-28-14-12-10-8-6-4-2)40-64-52-50(63)48(61)51(44(39-56)66-52)67-53-49(62)47(60)46(59)43(38-55)65-53/h18-19,34,36,41-44,46-53,55-57,59-63H,3-17,20-33,35,37-40H2,1-2H3,(H,54,58)/b19-18-,36-34+. The van der Waals surface area contributed by atoms with Crippen molar-refractivity contribution in [3.8, 4) is 0 Å². The molecule has 0 aromatic carbocycles. The Morgan fingerprint density at radius 3 is 1.42 bits per heavy atom. The lowest BCUT2D eigenvalue weighted by Gasteiger charge is -2.46. The van der Waals surface area contributed by atoms with E-state index in [4.69, 9.17) is 18.9 Å². The predicted molar refractivity (Wildman–Crippen MR) is 263 cm³/mol. The fourth-order valence-corrected chi connectivity index (χ4v) is 8.93. The Labute approximate surface area is 405 Å². The van der Waals surface area contributed by atoms with Crippen LogP contribution >= 0.6 is 0 Å². The topological polar surface area (TPSA) is 228 Å². The molecular weight excluding hydrogens is 859 g/mol. The van der Waals surface area contributed by atoms with Gasteiger partial charge in [-0.25, -0.2) is 0 Å². The number of carbonyl (C=O) groups excluding carboxylic acids is 1. The van der Waals surface area contributed by atoms with Gasteiger partial charge in [0.25, 0.3) is 0 Å². The molecule has 1 amide bonds. The average Bonchev–Trinajstić information content (AvgIpc) is 3.32. The summed E-state index contributed by atoms with van der Waals surface area (Å²) < 4.78 is 22.7. The van der Waals surface area contributed by atoms with Crippen molar-refractivity contribution >= 4 is 5.91 Å². The van der Waals surface area contributed by atoms with Gasteiger partial charge in [0.05, 0.1) is 32.0 Å². The number of amides is 1. The van der Waals surface area contributed by atoms with Crippen molar-refractivity contribution in [2.45, 2.75) is 286 Å². The van der Waals surface area contributed by atoms with Crippen LogP contribution < -0.4 is 5.32 Å². The van der Waals surface area contributed by atoms with Crippen molar-refractivity contribution in [2.75, 3.05) is 19.8 Å². The lowest BCUT2D eigenvalue weighted by atomic mass is 9.97. The SMILES string of the molecule is CCCCCCCCCC/C=C\CCCCCCCCCCCCCC(=O)NC(COC1OC(CO)C(OC2OC(CO)C(O)C(O)C2O)C(O)C1O)C(O)/C=C/CCCCCCCCCC. The predicted octanol–water partition coefficient (Wildman–Crippen LogP) is 7.72. The number of ether oxygens (including phenoxy) is 4. The molecular formula is C53H99NO13. The monoisotopic (exact) mass is 958 g/mol. The summed E-state index contributed by atoms with van der Waals surface area (Å²) in [7, 11) is 0. The Balaban J connectivity index is 1.74. The molecule has 0 bridgehead atoms. The Kier molecular flexibility index (Phi) is 36.9. The number of allylic oxidation sites excluding steroid dienone is 3. The molecule has 2 aliphatic rings. The van der Waals surface area contributed by atoms with Crippen LogP contribution in [-0.4, -0.2) is 140 Å². The van der Waals surface area contributed by atoms with Crippen LogP contribution in [0.15, 0.2) is 24.3 Å². The van der Waals surface area contributed by atoms with Crippen LogP contribution in [0.3, 0.4) is 0 Å². The zero-order valence-corrected chi connectivity index (χ0v) is 41.9. The quantitative estimate of drug-likeness (QED) is 0.0211. The summed E-state index contributed by atoms with van der Waals surface area (Å²) in [6, 6.07) is -0.910. The molecule has 2 heterocycles. The van der Waals surface area contributed by atoms with Gasteiger partial charge >= 0.3 is 0 Å². The van der Waals surface area contributed by atoms with Gasteiger partial charge in [-0.05, 0) is 44.9 Å². The molecule has 67 heavy (non-hydrogen) atoms. The van der Waals surface area contributed by atoms with Gasteiger partial charge in [-0.15, -0.1) is 0 Å². The van der Waals surface area contributed by atoms with Gasteiger partial charge in [0.2, 0.25) is 5.91 Å². The third-order valence-electron chi connectivity index (χ3n) is 13.4. The van der Waals surface area contributed by atoms with E-state index in [2.05, 4.69) is 31.3 Å². The minimum absolute atomic E-state index is 0.241. The van der Waals surface area contributed by atoms with Gasteiger partial charge in [-0.2, -0.15) is 0 Å². The van der Waals surface area contributed by atoms with E-state index in [-0.39, 0.29) is 18.9 Å². The van der Waals surface area contributed by atoms with Crippen molar-refractivity contribution in [2.24, 2.45) is 0 Å². The Morgan fingerprint density at radius 1 is 0.522 bits per heavy atom. The fourth-order valence-electron chi connectivity index (χ4n) is 8.93. The third-order valence-corrected chi connectivity index (χ3v) is 13.4. The largest absolute Gasteiger partial charge is 0.394 e. The van der Waals surface area contributed by atoms with Gasteiger partial charge in [-0.3, -0.25) is 4.79 Å². The lowest BCUT2D eigenvalue weighted by molar-refractivity contribution is -0.359. The normalized spacial score (nSPS) is 26.7. The zero-order chi connectivity index (χ0) is 48.9. The van der Waals surface area contributed by atoms with Crippen molar-refractivity contribution in [3.63, 3.8) is 0 Å². The molecule has 12 atom stereocenters. The molecule has 2 rings (SSSR count). The van der Waals surface area contributed by atoms with E-state index in [1.807, 2.05) is 6.08 Å². The number of nitrogens with one attached hydrogen (secondary N) is 1. The highest BCUT2D eigenvalue weighted by Gasteiger charge is 2.51. The Bertz CT molecular complexity index is 1220. The molecule has 14 heteroatoms. The molecule has 0 radical (unpaired) electrons. The summed E-state index contributed by atoms with van der Waals surface area (Å²) in [5.41, 5.74) is 0. The molecule has 0 spiro atoms. The van der Waals surface area contributed by atoms with E-state index in [0.29, 0.717) is 6.42 Å². The van der Waals surface area contributed by atoms with Crippen LogP contribution in [0, 0.1) is 0 Å². The summed E-state index contributed by atoms with van der Waals surface area (Å²) >= 11 is 0. The first kappa shape index (κ1) is 61.6. The number of aliphatic hydroxyl groups excluding tert-OH is 8. The van der Waals surface area contributed by atoms with Gasteiger partial charge in [-0.1, -0.05) is 186 Å². The van der Waals surface area contributed by atoms with E-state index in [1.54, 1.807) is 6.08 Å². The van der Waals surface area contributed by atoms with Crippen LogP contribution in [0.1, 0.15) is 213 Å². The number of unbranched alkanes of at least 4 members (excludes halogenated alkanes) is 27. The molecule has 0 saturated carbocycles. The highest BCUT2D eigenvalue weighted by Crippen LogP contribution is 2.30. The first-order valence-corrected chi connectivity index (χ1v) is 27.1. The minimum Gasteiger partial charge on any atom is -0.394 e. The van der Waals surface area contributed by atoms with Crippen molar-refractivity contribution < 1.29 is 64.6 Å². The second kappa shape index (κ2) is 40.1. The number of carbonyl (C=O) groups is 1. The molecule has 0 aromatic rings. The summed E-state index contributed by atoms with van der Waals surface area (Å²) in [6.07, 6.45) is 28.0. The minimum atomic E-state index is -1.79. The molecule has 2 saturated heterocycles. The van der Waals surface area contributed by atoms with Crippen molar-refractivity contribution in [1.82, 2.24) is 5.32 Å². The maximum atomic E-state index is 13.2. The van der Waals surface area contributed by atoms with Crippen molar-refractivity contribution in [3.05, 3.63) is 24.3 Å². The van der Waals surface area contributed by atoms with E-state index < -0.39 is 86.8 Å². The molecule has 14 nitrogen and oxygen atoms in total. The third kappa shape index (κ3) is 27.0. The summed E-state index contributed by atoms with van der Waals surface area (Å²) in [6.45, 7) is 2.77. The smallest absolute Gasteiger partial charge is 0.220 e. The number of hydrogen-bond donors (Lipinski definition) is 9. The zero-order valence-electron chi connectivity index (χ0n) is 41.9. The molecule has 0 aromatic heterocycles. The van der Waals surface area contributed by atoms with Crippen LogP contribution in [0.5, 0.6) is 0 Å². The Morgan fingerprint density at radius 2 is 0.940 bits per heavy atom. The van der Waals surface area contributed by atoms with Gasteiger partial charge in [0, 0.05) is 6.42 Å². The summed E-state index contributed by atoms with van der Waals surface area (Å²) in [5.74, 6) is -0.241. The van der Waals surface area contributed by atoms with Gasteiger partial charge in [0.15, 0.2) is 12.6 Å². The van der Waals surface area contributed by atoms with Gasteiger partial charge in [0.1, 0.15) is 48.8 Å². The van der Waals surface area contributed by atoms with Crippen LogP contribution in [0.25, 0.3) is 0 Å². The van der Waals surface area contributed by atoms with Crippen molar-refractivity contribution in [1.29, 1.82) is 0 Å². The second-order valence-electron chi connectivity index (χ2n) is 19.4. The lowest BCUT2D eigenvalue weighted by Crippen LogP contribution is -2.65. The maximum absolute atomic E-state index is 13.2. The highest BCUT2D eigenvalue weighted by atomic mass is 16.7. The molecule has 394 valence electrons. The average molecular weight is 958 g/mol. The molecule has 12 unspecified atom stereocenters. The van der Waals surface area contributed by atoms with Crippen LogP contribution in [0.4, 0.5) is 0 Å². The first-order chi connectivity index (χ1) is 32.6. The van der Waals surface area contributed by atoms with E-state index in [0.717, 1.165) is 38.5 Å².